The Morgan fingerprint density at radius 1 is 1.28 bits per heavy atom. The molecule has 1 aromatic heterocycles. The van der Waals surface area contributed by atoms with E-state index in [0.717, 1.165) is 5.56 Å². The van der Waals surface area contributed by atoms with Crippen LogP contribution < -0.4 is 4.74 Å². The molecule has 0 aliphatic carbocycles. The zero-order chi connectivity index (χ0) is 13.0. The summed E-state index contributed by atoms with van der Waals surface area (Å²) < 4.78 is 5.00. The van der Waals surface area contributed by atoms with Crippen LogP contribution in [0.1, 0.15) is 21.6 Å². The van der Waals surface area contributed by atoms with Gasteiger partial charge in [0.1, 0.15) is 6.33 Å². The summed E-state index contributed by atoms with van der Waals surface area (Å²) in [4.78, 5) is 20.0. The molecule has 0 amide bonds. The SMILES string of the molecule is COc1cc(CC(=O)c2cccc(C)c2)ncn1. The Hall–Kier alpha value is -2.23. The van der Waals surface area contributed by atoms with Gasteiger partial charge in [-0.3, -0.25) is 4.79 Å². The fourth-order valence-corrected chi connectivity index (χ4v) is 1.67. The molecule has 2 rings (SSSR count). The molecule has 18 heavy (non-hydrogen) atoms. The minimum atomic E-state index is 0.0412. The van der Waals surface area contributed by atoms with Gasteiger partial charge in [-0.05, 0) is 13.0 Å². The lowest BCUT2D eigenvalue weighted by Gasteiger charge is -2.03. The van der Waals surface area contributed by atoms with Gasteiger partial charge in [-0.2, -0.15) is 0 Å². The standard InChI is InChI=1S/C14H14N2O2/c1-10-4-3-5-11(6-10)13(17)7-12-8-14(18-2)16-9-15-12/h3-6,8-9H,7H2,1-2H3. The van der Waals surface area contributed by atoms with Crippen molar-refractivity contribution in [2.75, 3.05) is 7.11 Å². The summed E-state index contributed by atoms with van der Waals surface area (Å²) in [6.07, 6.45) is 1.65. The fraction of sp³-hybridized carbons (Fsp3) is 0.214. The molecule has 92 valence electrons. The first-order chi connectivity index (χ1) is 8.69. The van der Waals surface area contributed by atoms with Crippen LogP contribution in [0.3, 0.4) is 0 Å². The maximum absolute atomic E-state index is 12.1. The molecule has 0 radical (unpaired) electrons. The van der Waals surface area contributed by atoms with Crippen molar-refractivity contribution in [1.82, 2.24) is 9.97 Å². The van der Waals surface area contributed by atoms with Gasteiger partial charge >= 0.3 is 0 Å². The smallest absolute Gasteiger partial charge is 0.216 e. The third-order valence-corrected chi connectivity index (χ3v) is 2.59. The first-order valence-electron chi connectivity index (χ1n) is 5.64. The highest BCUT2D eigenvalue weighted by molar-refractivity contribution is 5.97. The van der Waals surface area contributed by atoms with E-state index in [1.807, 2.05) is 31.2 Å². The van der Waals surface area contributed by atoms with Crippen LogP contribution >= 0.6 is 0 Å². The van der Waals surface area contributed by atoms with E-state index in [-0.39, 0.29) is 12.2 Å². The second kappa shape index (κ2) is 5.40. The zero-order valence-corrected chi connectivity index (χ0v) is 10.4. The molecule has 0 bridgehead atoms. The number of carbonyl (C=O) groups is 1. The summed E-state index contributed by atoms with van der Waals surface area (Å²) in [5.41, 5.74) is 2.43. The van der Waals surface area contributed by atoms with Crippen LogP contribution in [0.25, 0.3) is 0 Å². The number of methoxy groups -OCH3 is 1. The molecule has 0 saturated carbocycles. The van der Waals surface area contributed by atoms with Crippen molar-refractivity contribution in [3.8, 4) is 5.88 Å². The molecule has 0 aliphatic rings. The molecule has 2 aromatic rings. The first kappa shape index (κ1) is 12.2. The highest BCUT2D eigenvalue weighted by Crippen LogP contribution is 2.11. The summed E-state index contributed by atoms with van der Waals surface area (Å²) in [7, 11) is 1.54. The average molecular weight is 242 g/mol. The molecule has 0 spiro atoms. The fourth-order valence-electron chi connectivity index (χ4n) is 1.67. The van der Waals surface area contributed by atoms with Crippen molar-refractivity contribution >= 4 is 5.78 Å². The average Bonchev–Trinajstić information content (AvgIpc) is 2.39. The van der Waals surface area contributed by atoms with Gasteiger partial charge in [0.2, 0.25) is 5.88 Å². The van der Waals surface area contributed by atoms with Crippen LogP contribution in [-0.2, 0) is 6.42 Å². The van der Waals surface area contributed by atoms with Gasteiger partial charge < -0.3 is 4.74 Å². The van der Waals surface area contributed by atoms with Gasteiger partial charge in [-0.25, -0.2) is 9.97 Å². The van der Waals surface area contributed by atoms with Gasteiger partial charge in [-0.15, -0.1) is 0 Å². The monoisotopic (exact) mass is 242 g/mol. The van der Waals surface area contributed by atoms with Crippen molar-refractivity contribution < 1.29 is 9.53 Å². The van der Waals surface area contributed by atoms with E-state index in [0.29, 0.717) is 17.1 Å². The predicted molar refractivity (Wildman–Crippen MR) is 67.8 cm³/mol. The second-order valence-electron chi connectivity index (χ2n) is 4.02. The van der Waals surface area contributed by atoms with E-state index in [1.54, 1.807) is 6.07 Å². The Bertz CT molecular complexity index is 567. The molecule has 1 aromatic carbocycles. The quantitative estimate of drug-likeness (QED) is 0.771. The third kappa shape index (κ3) is 2.91. The molecular formula is C14H14N2O2. The first-order valence-corrected chi connectivity index (χ1v) is 5.64. The Morgan fingerprint density at radius 3 is 2.83 bits per heavy atom. The zero-order valence-electron chi connectivity index (χ0n) is 10.4. The van der Waals surface area contributed by atoms with Crippen molar-refractivity contribution in [3.63, 3.8) is 0 Å². The van der Waals surface area contributed by atoms with Crippen molar-refractivity contribution in [2.45, 2.75) is 13.3 Å². The molecule has 0 atom stereocenters. The molecule has 0 saturated heterocycles. The van der Waals surface area contributed by atoms with Crippen LogP contribution in [0.15, 0.2) is 36.7 Å². The van der Waals surface area contributed by atoms with Gasteiger partial charge in [0, 0.05) is 11.6 Å². The number of ketones is 1. The second-order valence-corrected chi connectivity index (χ2v) is 4.02. The number of Topliss-reactive ketones (excluding diaryl/α,β-unsaturated/α-hetero) is 1. The molecule has 1 heterocycles. The Kier molecular flexibility index (Phi) is 3.67. The molecule has 0 N–H and O–H groups in total. The van der Waals surface area contributed by atoms with E-state index in [1.165, 1.54) is 13.4 Å². The lowest BCUT2D eigenvalue weighted by atomic mass is 10.0. The maximum atomic E-state index is 12.1. The number of benzene rings is 1. The largest absolute Gasteiger partial charge is 0.481 e. The maximum Gasteiger partial charge on any atom is 0.216 e. The number of rotatable bonds is 4. The van der Waals surface area contributed by atoms with Crippen LogP contribution in [-0.4, -0.2) is 22.9 Å². The summed E-state index contributed by atoms with van der Waals surface area (Å²) in [5.74, 6) is 0.511. The number of ether oxygens (including phenoxy) is 1. The van der Waals surface area contributed by atoms with Gasteiger partial charge in [0.15, 0.2) is 5.78 Å². The molecular weight excluding hydrogens is 228 g/mol. The van der Waals surface area contributed by atoms with E-state index in [4.69, 9.17) is 4.74 Å². The molecule has 0 aliphatic heterocycles. The lowest BCUT2D eigenvalue weighted by Crippen LogP contribution is -2.06. The summed E-state index contributed by atoms with van der Waals surface area (Å²) in [6.45, 7) is 1.96. The van der Waals surface area contributed by atoms with Gasteiger partial charge in [0.25, 0.3) is 0 Å². The number of carbonyl (C=O) groups excluding carboxylic acids is 1. The summed E-state index contributed by atoms with van der Waals surface area (Å²) in [6, 6.07) is 9.20. The van der Waals surface area contributed by atoms with E-state index in [9.17, 15) is 4.79 Å². The van der Waals surface area contributed by atoms with Crippen LogP contribution in [0.2, 0.25) is 0 Å². The lowest BCUT2D eigenvalue weighted by molar-refractivity contribution is 0.0992. The van der Waals surface area contributed by atoms with Crippen molar-refractivity contribution in [3.05, 3.63) is 53.5 Å². The Balaban J connectivity index is 2.16. The minimum Gasteiger partial charge on any atom is -0.481 e. The highest BCUT2D eigenvalue weighted by Gasteiger charge is 2.09. The number of hydrogen-bond donors (Lipinski definition) is 0. The van der Waals surface area contributed by atoms with E-state index < -0.39 is 0 Å². The molecule has 4 nitrogen and oxygen atoms in total. The van der Waals surface area contributed by atoms with E-state index in [2.05, 4.69) is 9.97 Å². The van der Waals surface area contributed by atoms with Gasteiger partial charge in [0.05, 0.1) is 19.2 Å². The predicted octanol–water partition coefficient (Wildman–Crippen LogP) is 2.22. The highest BCUT2D eigenvalue weighted by atomic mass is 16.5. The topological polar surface area (TPSA) is 52.1 Å². The van der Waals surface area contributed by atoms with Crippen LogP contribution in [0.4, 0.5) is 0 Å². The summed E-state index contributed by atoms with van der Waals surface area (Å²) in [5, 5.41) is 0. The number of hydrogen-bond acceptors (Lipinski definition) is 4. The molecule has 0 unspecified atom stereocenters. The normalized spacial score (nSPS) is 10.1. The number of nitrogens with zero attached hydrogens (tertiary/aromatic N) is 2. The Morgan fingerprint density at radius 2 is 2.11 bits per heavy atom. The summed E-state index contributed by atoms with van der Waals surface area (Å²) >= 11 is 0. The van der Waals surface area contributed by atoms with Crippen LogP contribution in [0, 0.1) is 6.92 Å². The number of aryl methyl sites for hydroxylation is 1. The minimum absolute atomic E-state index is 0.0412. The van der Waals surface area contributed by atoms with Crippen molar-refractivity contribution in [1.29, 1.82) is 0 Å². The Labute approximate surface area is 106 Å². The molecule has 4 heteroatoms. The number of aromatic nitrogens is 2. The van der Waals surface area contributed by atoms with Crippen molar-refractivity contribution in [2.24, 2.45) is 0 Å². The van der Waals surface area contributed by atoms with E-state index >= 15 is 0 Å². The third-order valence-electron chi connectivity index (χ3n) is 2.59. The van der Waals surface area contributed by atoms with Gasteiger partial charge in [-0.1, -0.05) is 23.8 Å². The molecule has 0 fully saturated rings. The van der Waals surface area contributed by atoms with Crippen LogP contribution in [0.5, 0.6) is 5.88 Å².